The quantitative estimate of drug-likeness (QED) is 0.666. The third kappa shape index (κ3) is 0.920. The Morgan fingerprint density at radius 1 is 1.30 bits per heavy atom. The number of H-pyrrole nitrogens is 1. The van der Waals surface area contributed by atoms with Crippen LogP contribution in [0.5, 0.6) is 0 Å². The second-order valence-corrected chi connectivity index (χ2v) is 3.16. The number of hydrogen-bond acceptors (Lipinski definition) is 1. The number of aromatic nitrogens is 2. The van der Waals surface area contributed by atoms with Gasteiger partial charge in [-0.05, 0) is 0 Å². The first-order valence-corrected chi connectivity index (χ1v) is 4.14. The van der Waals surface area contributed by atoms with E-state index in [1.807, 2.05) is 46.6 Å². The minimum absolute atomic E-state index is 0.983. The van der Waals surface area contributed by atoms with E-state index in [1.54, 1.807) is 0 Å². The normalized spacial score (nSPS) is 10.4. The van der Waals surface area contributed by atoms with Gasteiger partial charge < -0.3 is 0 Å². The summed E-state index contributed by atoms with van der Waals surface area (Å²) in [5.74, 6) is 0. The van der Waals surface area contributed by atoms with Gasteiger partial charge in [-0.3, -0.25) is 0 Å². The summed E-state index contributed by atoms with van der Waals surface area (Å²) in [6.07, 6.45) is 0. The van der Waals surface area contributed by atoms with Gasteiger partial charge in [0.15, 0.2) is 0 Å². The molecule has 0 spiro atoms. The van der Waals surface area contributed by atoms with Crippen LogP contribution < -0.4 is 3.87 Å². The maximum absolute atomic E-state index is 4.26. The third-order valence-corrected chi connectivity index (χ3v) is 1.92. The zero-order valence-electron chi connectivity index (χ0n) is 5.16. The summed E-state index contributed by atoms with van der Waals surface area (Å²) in [4.78, 5) is 7.41. The van der Waals surface area contributed by atoms with Gasteiger partial charge in [0, 0.05) is 0 Å². The van der Waals surface area contributed by atoms with E-state index in [2.05, 4.69) is 9.97 Å². The monoisotopic (exact) mass is 247 g/mol. The number of nitrogens with zero attached hydrogens (tertiary/aromatic N) is 1. The third-order valence-electron chi connectivity index (χ3n) is 1.37. The summed E-state index contributed by atoms with van der Waals surface area (Å²) in [6, 6.07) is 8.02. The molecule has 1 radical (unpaired) electrons. The molecule has 0 bridgehead atoms. The van der Waals surface area contributed by atoms with Gasteiger partial charge in [0.2, 0.25) is 0 Å². The Kier molecular flexibility index (Phi) is 1.40. The van der Waals surface area contributed by atoms with Crippen LogP contribution in [0.3, 0.4) is 0 Å². The van der Waals surface area contributed by atoms with Gasteiger partial charge in [-0.25, -0.2) is 0 Å². The van der Waals surface area contributed by atoms with Crippen LogP contribution in [0.1, 0.15) is 0 Å². The van der Waals surface area contributed by atoms with Crippen molar-refractivity contribution in [2.75, 3.05) is 0 Å². The standard InChI is InChI=1S/C7H5N2Te/c10-7-8-5-3-1-2-4-6(5)9-7/h1-4H,(H,8,9). The Morgan fingerprint density at radius 2 is 2.10 bits per heavy atom. The molecule has 0 aliphatic heterocycles. The Balaban J connectivity index is 2.88. The van der Waals surface area contributed by atoms with Gasteiger partial charge in [-0.2, -0.15) is 0 Å². The Morgan fingerprint density at radius 3 is 2.90 bits per heavy atom. The van der Waals surface area contributed by atoms with Crippen LogP contribution in [-0.4, -0.2) is 32.3 Å². The van der Waals surface area contributed by atoms with Crippen molar-refractivity contribution in [3.8, 4) is 0 Å². The average molecular weight is 245 g/mol. The van der Waals surface area contributed by atoms with E-state index in [9.17, 15) is 0 Å². The zero-order chi connectivity index (χ0) is 6.97. The number of benzene rings is 1. The van der Waals surface area contributed by atoms with Crippen molar-refractivity contribution >= 4 is 37.2 Å². The second-order valence-electron chi connectivity index (χ2n) is 2.06. The zero-order valence-corrected chi connectivity index (χ0v) is 7.50. The summed E-state index contributed by atoms with van der Waals surface area (Å²) >= 11 is 1.89. The molecular formula is C7H5N2Te. The molecule has 1 aromatic carbocycles. The van der Waals surface area contributed by atoms with Crippen molar-refractivity contribution in [2.24, 2.45) is 0 Å². The number of para-hydroxylation sites is 2. The Bertz CT molecular complexity index is 320. The Labute approximate surface area is 71.6 Å². The topological polar surface area (TPSA) is 28.7 Å². The van der Waals surface area contributed by atoms with E-state index >= 15 is 0 Å². The molecule has 2 rings (SSSR count). The molecular weight excluding hydrogens is 240 g/mol. The number of hydrogen-bond donors (Lipinski definition) is 1. The molecule has 1 N–H and O–H groups in total. The van der Waals surface area contributed by atoms with Crippen molar-refractivity contribution < 1.29 is 0 Å². The maximum atomic E-state index is 4.26. The first-order chi connectivity index (χ1) is 4.86. The van der Waals surface area contributed by atoms with Crippen molar-refractivity contribution in [3.63, 3.8) is 0 Å². The van der Waals surface area contributed by atoms with Gasteiger partial charge >= 0.3 is 71.4 Å². The molecule has 0 fully saturated rings. The first kappa shape index (κ1) is 6.21. The van der Waals surface area contributed by atoms with E-state index in [0.717, 1.165) is 14.9 Å². The molecule has 0 aliphatic carbocycles. The SMILES string of the molecule is [Te]c1nc2ccccc2[nH]1. The molecule has 10 heavy (non-hydrogen) atoms. The molecule has 1 heterocycles. The van der Waals surface area contributed by atoms with Crippen molar-refractivity contribution in [2.45, 2.75) is 0 Å². The van der Waals surface area contributed by atoms with Gasteiger partial charge in [0.25, 0.3) is 0 Å². The van der Waals surface area contributed by atoms with Gasteiger partial charge in [-0.1, -0.05) is 0 Å². The van der Waals surface area contributed by atoms with E-state index < -0.39 is 0 Å². The number of nitrogens with one attached hydrogen (secondary N) is 1. The van der Waals surface area contributed by atoms with E-state index in [1.165, 1.54) is 0 Å². The van der Waals surface area contributed by atoms with Gasteiger partial charge in [0.1, 0.15) is 0 Å². The van der Waals surface area contributed by atoms with Crippen molar-refractivity contribution in [1.82, 2.24) is 9.97 Å². The molecule has 3 heteroatoms. The fraction of sp³-hybridized carbons (Fsp3) is 0. The van der Waals surface area contributed by atoms with Crippen LogP contribution in [0, 0.1) is 0 Å². The molecule has 49 valence electrons. The van der Waals surface area contributed by atoms with Crippen LogP contribution in [0.15, 0.2) is 24.3 Å². The Hall–Kier alpha value is -0.520. The van der Waals surface area contributed by atoms with Crippen LogP contribution in [0.2, 0.25) is 0 Å². The fourth-order valence-electron chi connectivity index (χ4n) is 0.929. The average Bonchev–Trinajstić information content (AvgIpc) is 2.27. The second kappa shape index (κ2) is 2.26. The van der Waals surface area contributed by atoms with Crippen molar-refractivity contribution in [3.05, 3.63) is 24.3 Å². The van der Waals surface area contributed by atoms with E-state index in [0.29, 0.717) is 0 Å². The van der Waals surface area contributed by atoms with Crippen LogP contribution in [0.4, 0.5) is 0 Å². The summed E-state index contributed by atoms with van der Waals surface area (Å²) in [6.45, 7) is 0. The molecule has 1 aromatic heterocycles. The molecule has 0 amide bonds. The minimum atomic E-state index is 0.983. The summed E-state index contributed by atoms with van der Waals surface area (Å²) in [5, 5.41) is 0. The summed E-state index contributed by atoms with van der Waals surface area (Å²) in [5.41, 5.74) is 2.16. The molecule has 0 saturated carbocycles. The molecule has 0 saturated heterocycles. The number of fused-ring (bicyclic) bond motifs is 1. The molecule has 0 atom stereocenters. The predicted molar refractivity (Wildman–Crippen MR) is 41.5 cm³/mol. The van der Waals surface area contributed by atoms with E-state index in [-0.39, 0.29) is 0 Å². The van der Waals surface area contributed by atoms with Crippen LogP contribution >= 0.6 is 0 Å². The number of imidazole rings is 1. The van der Waals surface area contributed by atoms with E-state index in [4.69, 9.17) is 0 Å². The predicted octanol–water partition coefficient (Wildman–Crippen LogP) is 0.357. The number of rotatable bonds is 0. The molecule has 0 aliphatic rings. The fourth-order valence-corrected chi connectivity index (χ4v) is 1.52. The van der Waals surface area contributed by atoms with Crippen LogP contribution in [-0.2, 0) is 0 Å². The summed E-state index contributed by atoms with van der Waals surface area (Å²) < 4.78 is 0.983. The van der Waals surface area contributed by atoms with Crippen molar-refractivity contribution in [1.29, 1.82) is 0 Å². The number of aromatic amines is 1. The first-order valence-electron chi connectivity index (χ1n) is 2.98. The molecule has 0 unspecified atom stereocenters. The molecule has 2 nitrogen and oxygen atoms in total. The van der Waals surface area contributed by atoms with Gasteiger partial charge in [-0.15, -0.1) is 0 Å². The van der Waals surface area contributed by atoms with Gasteiger partial charge in [0.05, 0.1) is 0 Å². The summed E-state index contributed by atoms with van der Waals surface area (Å²) in [7, 11) is 0. The van der Waals surface area contributed by atoms with Crippen LogP contribution in [0.25, 0.3) is 11.0 Å². The molecule has 2 aromatic rings.